The Morgan fingerprint density at radius 1 is 1.23 bits per heavy atom. The summed E-state index contributed by atoms with van der Waals surface area (Å²) in [6.07, 6.45) is 12.4. The monoisotopic (exact) mass is 407 g/mol. The van der Waals surface area contributed by atoms with Gasteiger partial charge in [-0.05, 0) is 69.8 Å². The fourth-order valence-electron chi connectivity index (χ4n) is 4.35. The van der Waals surface area contributed by atoms with Crippen molar-refractivity contribution in [1.29, 1.82) is 0 Å². The highest BCUT2D eigenvalue weighted by Crippen LogP contribution is 2.31. The molecule has 0 amide bonds. The lowest BCUT2D eigenvalue weighted by atomic mass is 9.97. The number of aromatic nitrogens is 5. The van der Waals surface area contributed by atoms with E-state index in [9.17, 15) is 4.39 Å². The number of pyridine rings is 1. The van der Waals surface area contributed by atoms with Crippen molar-refractivity contribution in [3.63, 3.8) is 0 Å². The first-order valence-corrected chi connectivity index (χ1v) is 10.7. The maximum atomic E-state index is 14.5. The van der Waals surface area contributed by atoms with Crippen LogP contribution in [0, 0.1) is 11.7 Å². The van der Waals surface area contributed by atoms with E-state index >= 15 is 0 Å². The third-order valence-corrected chi connectivity index (χ3v) is 6.15. The SMILES string of the molecule is CN1CCC(CNc2ncc3c(n2)CCCC=C3c2cc(F)c3ncnn3c2)CC1. The number of anilines is 1. The number of hydrogen-bond donors (Lipinski definition) is 1. The summed E-state index contributed by atoms with van der Waals surface area (Å²) in [6.45, 7) is 3.21. The first-order chi connectivity index (χ1) is 14.7. The number of nitrogens with zero attached hydrogens (tertiary/aromatic N) is 6. The van der Waals surface area contributed by atoms with Crippen molar-refractivity contribution in [2.24, 2.45) is 5.92 Å². The van der Waals surface area contributed by atoms with Crippen LogP contribution in [0.2, 0.25) is 0 Å². The van der Waals surface area contributed by atoms with Gasteiger partial charge in [-0.25, -0.2) is 23.9 Å². The number of aryl methyl sites for hydroxylation is 1. The highest BCUT2D eigenvalue weighted by Gasteiger charge is 2.20. The Labute approximate surface area is 175 Å². The molecule has 0 unspecified atom stereocenters. The number of piperidine rings is 1. The highest BCUT2D eigenvalue weighted by atomic mass is 19.1. The lowest BCUT2D eigenvalue weighted by Crippen LogP contribution is -2.33. The molecule has 0 radical (unpaired) electrons. The predicted molar refractivity (Wildman–Crippen MR) is 114 cm³/mol. The second-order valence-electron chi connectivity index (χ2n) is 8.30. The number of likely N-dealkylation sites (tertiary alicyclic amines) is 1. The molecule has 5 rings (SSSR count). The molecule has 1 aliphatic carbocycles. The molecule has 7 nitrogen and oxygen atoms in total. The van der Waals surface area contributed by atoms with Gasteiger partial charge in [-0.2, -0.15) is 5.10 Å². The minimum Gasteiger partial charge on any atom is -0.354 e. The van der Waals surface area contributed by atoms with E-state index in [-0.39, 0.29) is 11.5 Å². The van der Waals surface area contributed by atoms with Gasteiger partial charge in [0.05, 0.1) is 5.69 Å². The Balaban J connectivity index is 1.39. The van der Waals surface area contributed by atoms with Gasteiger partial charge in [-0.1, -0.05) is 6.08 Å². The molecule has 4 heterocycles. The van der Waals surface area contributed by atoms with Crippen molar-refractivity contribution < 1.29 is 4.39 Å². The summed E-state index contributed by atoms with van der Waals surface area (Å²) in [5, 5.41) is 7.54. The molecule has 8 heteroatoms. The van der Waals surface area contributed by atoms with E-state index < -0.39 is 0 Å². The van der Waals surface area contributed by atoms with Crippen LogP contribution in [0.5, 0.6) is 0 Å². The summed E-state index contributed by atoms with van der Waals surface area (Å²) >= 11 is 0. The fraction of sp³-hybridized carbons (Fsp3) is 0.455. The average Bonchev–Trinajstić information content (AvgIpc) is 3.13. The van der Waals surface area contributed by atoms with Gasteiger partial charge in [0.25, 0.3) is 0 Å². The Hall–Kier alpha value is -2.87. The number of allylic oxidation sites excluding steroid dienone is 1. The van der Waals surface area contributed by atoms with E-state index in [0.29, 0.717) is 11.9 Å². The van der Waals surface area contributed by atoms with Gasteiger partial charge in [0.2, 0.25) is 5.95 Å². The third kappa shape index (κ3) is 3.79. The Morgan fingerprint density at radius 2 is 2.10 bits per heavy atom. The number of fused-ring (bicyclic) bond motifs is 2. The zero-order valence-corrected chi connectivity index (χ0v) is 17.2. The first-order valence-electron chi connectivity index (χ1n) is 10.7. The Kier molecular flexibility index (Phi) is 5.16. The van der Waals surface area contributed by atoms with E-state index in [4.69, 9.17) is 4.98 Å². The lowest BCUT2D eigenvalue weighted by molar-refractivity contribution is 0.226. The van der Waals surface area contributed by atoms with Crippen LogP contribution in [-0.2, 0) is 6.42 Å². The van der Waals surface area contributed by atoms with Crippen LogP contribution in [-0.4, -0.2) is 56.1 Å². The smallest absolute Gasteiger partial charge is 0.222 e. The maximum Gasteiger partial charge on any atom is 0.222 e. The Bertz CT molecular complexity index is 1080. The molecule has 0 bridgehead atoms. The van der Waals surface area contributed by atoms with E-state index in [2.05, 4.69) is 38.4 Å². The van der Waals surface area contributed by atoms with Crippen LogP contribution in [0.3, 0.4) is 0 Å². The number of halogens is 1. The van der Waals surface area contributed by atoms with Crippen LogP contribution in [0.4, 0.5) is 10.3 Å². The maximum absolute atomic E-state index is 14.5. The van der Waals surface area contributed by atoms with Crippen molar-refractivity contribution in [3.05, 3.63) is 53.5 Å². The standard InChI is InChI=1S/C22H26FN7/c1-29-8-6-15(7-9-29)11-24-22-25-12-18-17(4-2-3-5-20(18)28-22)16-10-19(23)21-26-14-27-30(21)13-16/h4,10,12-15H,2-3,5-9,11H2,1H3,(H,24,25,28). The molecule has 3 aromatic rings. The zero-order chi connectivity index (χ0) is 20.5. The normalized spacial score (nSPS) is 18.1. The molecular formula is C22H26FN7. The van der Waals surface area contributed by atoms with Crippen molar-refractivity contribution in [1.82, 2.24) is 29.5 Å². The highest BCUT2D eigenvalue weighted by molar-refractivity contribution is 5.81. The van der Waals surface area contributed by atoms with Gasteiger partial charge in [0, 0.05) is 30.1 Å². The third-order valence-electron chi connectivity index (χ3n) is 6.15. The molecule has 0 aromatic carbocycles. The molecule has 1 N–H and O–H groups in total. The molecular weight excluding hydrogens is 381 g/mol. The summed E-state index contributed by atoms with van der Waals surface area (Å²) in [6, 6.07) is 1.53. The van der Waals surface area contributed by atoms with Gasteiger partial charge >= 0.3 is 0 Å². The van der Waals surface area contributed by atoms with Gasteiger partial charge in [-0.15, -0.1) is 0 Å². The van der Waals surface area contributed by atoms with Crippen molar-refractivity contribution in [2.75, 3.05) is 32.0 Å². The first kappa shape index (κ1) is 19.1. The Morgan fingerprint density at radius 3 is 2.97 bits per heavy atom. The van der Waals surface area contributed by atoms with E-state index in [1.54, 1.807) is 0 Å². The lowest BCUT2D eigenvalue weighted by Gasteiger charge is -2.29. The molecule has 2 aliphatic rings. The van der Waals surface area contributed by atoms with Crippen molar-refractivity contribution in [3.8, 4) is 0 Å². The van der Waals surface area contributed by atoms with Gasteiger partial charge in [-0.3, -0.25) is 0 Å². The van der Waals surface area contributed by atoms with Crippen molar-refractivity contribution >= 4 is 17.2 Å². The molecule has 0 spiro atoms. The molecule has 1 saturated heterocycles. The molecule has 0 atom stereocenters. The second-order valence-corrected chi connectivity index (χ2v) is 8.30. The molecule has 1 aliphatic heterocycles. The minimum absolute atomic E-state index is 0.234. The van der Waals surface area contributed by atoms with Crippen LogP contribution in [0.15, 0.2) is 30.9 Å². The number of nitrogens with one attached hydrogen (secondary N) is 1. The van der Waals surface area contributed by atoms with E-state index in [1.807, 2.05) is 12.4 Å². The molecule has 30 heavy (non-hydrogen) atoms. The zero-order valence-electron chi connectivity index (χ0n) is 17.2. The molecule has 156 valence electrons. The van der Waals surface area contributed by atoms with Crippen LogP contribution < -0.4 is 5.32 Å². The average molecular weight is 407 g/mol. The largest absolute Gasteiger partial charge is 0.354 e. The summed E-state index contributed by atoms with van der Waals surface area (Å²) in [4.78, 5) is 15.7. The molecule has 3 aromatic heterocycles. The van der Waals surface area contributed by atoms with E-state index in [1.165, 1.54) is 29.8 Å². The quantitative estimate of drug-likeness (QED) is 0.716. The molecule has 0 saturated carbocycles. The minimum atomic E-state index is -0.381. The summed E-state index contributed by atoms with van der Waals surface area (Å²) in [5.74, 6) is 0.970. The van der Waals surface area contributed by atoms with Crippen molar-refractivity contribution in [2.45, 2.75) is 32.1 Å². The summed E-state index contributed by atoms with van der Waals surface area (Å²) < 4.78 is 16.0. The van der Waals surface area contributed by atoms with Gasteiger partial charge < -0.3 is 10.2 Å². The number of hydrogen-bond acceptors (Lipinski definition) is 6. The van der Waals surface area contributed by atoms with Gasteiger partial charge in [0.15, 0.2) is 11.5 Å². The summed E-state index contributed by atoms with van der Waals surface area (Å²) in [7, 11) is 2.18. The predicted octanol–water partition coefficient (Wildman–Crippen LogP) is 3.18. The number of rotatable bonds is 4. The van der Waals surface area contributed by atoms with Gasteiger partial charge in [0.1, 0.15) is 6.33 Å². The summed E-state index contributed by atoms with van der Waals surface area (Å²) in [5.41, 5.74) is 3.94. The fourth-order valence-corrected chi connectivity index (χ4v) is 4.35. The topological polar surface area (TPSA) is 71.2 Å². The van der Waals surface area contributed by atoms with Crippen LogP contribution in [0.1, 0.15) is 42.5 Å². The van der Waals surface area contributed by atoms with Crippen LogP contribution >= 0.6 is 0 Å². The second kappa shape index (κ2) is 8.10. The molecule has 1 fully saturated rings. The van der Waals surface area contributed by atoms with Crippen LogP contribution in [0.25, 0.3) is 11.2 Å². The van der Waals surface area contributed by atoms with E-state index in [0.717, 1.165) is 61.3 Å².